The second-order valence-corrected chi connectivity index (χ2v) is 7.99. The molecule has 34 heavy (non-hydrogen) atoms. The Balaban J connectivity index is 1.50. The minimum Gasteiger partial charge on any atom is -0.497 e. The molecule has 5 heterocycles. The summed E-state index contributed by atoms with van der Waals surface area (Å²) in [5, 5.41) is 8.37. The van der Waals surface area contributed by atoms with Crippen LogP contribution in [0.2, 0.25) is 0 Å². The van der Waals surface area contributed by atoms with Gasteiger partial charge in [-0.2, -0.15) is 5.10 Å². The summed E-state index contributed by atoms with van der Waals surface area (Å²) >= 11 is 0. The summed E-state index contributed by atoms with van der Waals surface area (Å²) < 4.78 is 21.4. The van der Waals surface area contributed by atoms with Gasteiger partial charge in [-0.25, -0.2) is 14.4 Å². The van der Waals surface area contributed by atoms with E-state index in [0.717, 1.165) is 28.1 Å². The summed E-state index contributed by atoms with van der Waals surface area (Å²) in [6.45, 7) is 1.94. The number of hydrogen-bond donors (Lipinski definition) is 2. The molecule has 5 aromatic heterocycles. The molecular weight excluding hydrogens is 435 g/mol. The van der Waals surface area contributed by atoms with E-state index >= 15 is 0 Å². The maximum atomic E-state index is 14.2. The van der Waals surface area contributed by atoms with Crippen LogP contribution in [0.5, 0.6) is 5.75 Å². The minimum absolute atomic E-state index is 0.397. The van der Waals surface area contributed by atoms with Gasteiger partial charge in [0.2, 0.25) is 0 Å². The van der Waals surface area contributed by atoms with Gasteiger partial charge in [-0.15, -0.1) is 0 Å². The monoisotopic (exact) mass is 454 g/mol. The number of hydrogen-bond acceptors (Lipinski definition) is 6. The van der Waals surface area contributed by atoms with Crippen LogP contribution in [0.1, 0.15) is 5.82 Å². The van der Waals surface area contributed by atoms with E-state index in [1.165, 1.54) is 19.2 Å². The van der Waals surface area contributed by atoms with E-state index in [4.69, 9.17) is 9.72 Å². The number of aryl methyl sites for hydroxylation is 1. The molecule has 0 spiro atoms. The normalized spacial score (nSPS) is 11.5. The van der Waals surface area contributed by atoms with Crippen molar-refractivity contribution >= 4 is 21.9 Å². The average Bonchev–Trinajstić information content (AvgIpc) is 3.54. The van der Waals surface area contributed by atoms with Gasteiger partial charge in [0.05, 0.1) is 53.6 Å². The topological polar surface area (TPSA) is 110 Å². The van der Waals surface area contributed by atoms with Gasteiger partial charge in [0.25, 0.3) is 0 Å². The molecule has 0 atom stereocenters. The Morgan fingerprint density at radius 1 is 1.00 bits per heavy atom. The Bertz CT molecular complexity index is 1700. The first-order chi connectivity index (χ1) is 16.5. The molecule has 0 saturated carbocycles. The maximum Gasteiger partial charge on any atom is 0.159 e. The van der Waals surface area contributed by atoms with Crippen molar-refractivity contribution in [1.29, 1.82) is 0 Å². The molecule has 9 nitrogen and oxygen atoms in total. The molecule has 0 unspecified atom stereocenters. The molecule has 0 aliphatic carbocycles. The molecule has 2 N–H and O–H groups in total. The number of methoxy groups -OCH3 is 1. The molecule has 0 aliphatic heterocycles. The molecule has 0 radical (unpaired) electrons. The molecule has 0 amide bonds. The molecule has 6 aromatic rings. The van der Waals surface area contributed by atoms with Crippen LogP contribution in [-0.4, -0.2) is 46.8 Å². The van der Waals surface area contributed by atoms with E-state index in [-0.39, 0.29) is 0 Å². The van der Waals surface area contributed by atoms with Crippen LogP contribution in [0, 0.1) is 12.7 Å². The van der Waals surface area contributed by atoms with E-state index in [9.17, 15) is 4.39 Å². The fourth-order valence-electron chi connectivity index (χ4n) is 4.07. The van der Waals surface area contributed by atoms with E-state index in [2.05, 4.69) is 30.1 Å². The molecule has 0 fully saturated rings. The van der Waals surface area contributed by atoms with Crippen molar-refractivity contribution in [3.63, 3.8) is 0 Å². The lowest BCUT2D eigenvalue weighted by atomic mass is 10.1. The third-order valence-corrected chi connectivity index (χ3v) is 5.97. The molecular formula is C24H19FN8O. The first-order valence-electron chi connectivity index (χ1n) is 10.5. The van der Waals surface area contributed by atoms with Crippen molar-refractivity contribution in [3.8, 4) is 39.8 Å². The van der Waals surface area contributed by atoms with Crippen molar-refractivity contribution in [1.82, 2.24) is 39.7 Å². The van der Waals surface area contributed by atoms with Crippen molar-refractivity contribution in [3.05, 3.63) is 60.7 Å². The number of aromatic nitrogens is 8. The Labute approximate surface area is 192 Å². The predicted octanol–water partition coefficient (Wildman–Crippen LogP) is 4.42. The molecule has 0 bridgehead atoms. The zero-order valence-electron chi connectivity index (χ0n) is 18.6. The highest BCUT2D eigenvalue weighted by molar-refractivity contribution is 5.97. The fourth-order valence-corrected chi connectivity index (χ4v) is 4.07. The second-order valence-electron chi connectivity index (χ2n) is 7.99. The van der Waals surface area contributed by atoms with Gasteiger partial charge in [-0.05, 0) is 30.7 Å². The van der Waals surface area contributed by atoms with Gasteiger partial charge in [-0.3, -0.25) is 15.1 Å². The third-order valence-electron chi connectivity index (χ3n) is 5.97. The van der Waals surface area contributed by atoms with Crippen LogP contribution in [0.4, 0.5) is 4.39 Å². The number of benzene rings is 1. The molecule has 1 aromatic carbocycles. The smallest absolute Gasteiger partial charge is 0.159 e. The summed E-state index contributed by atoms with van der Waals surface area (Å²) in [6.07, 6.45) is 6.90. The van der Waals surface area contributed by atoms with Gasteiger partial charge in [-0.1, -0.05) is 0 Å². The van der Waals surface area contributed by atoms with Crippen LogP contribution < -0.4 is 4.74 Å². The Morgan fingerprint density at radius 2 is 1.88 bits per heavy atom. The SMILES string of the molecule is COc1cc(F)cc(-c2cncc3[nH]c(-c4n[nH]c5cnc(-c6cnc(C)n6C)cc45)nc23)c1. The van der Waals surface area contributed by atoms with Crippen LogP contribution in [-0.2, 0) is 7.05 Å². The number of H-pyrrole nitrogens is 2. The van der Waals surface area contributed by atoms with Gasteiger partial charge in [0, 0.05) is 30.3 Å². The molecule has 0 saturated heterocycles. The number of nitrogens with zero attached hydrogens (tertiary/aromatic N) is 6. The number of nitrogens with one attached hydrogen (secondary N) is 2. The number of fused-ring (bicyclic) bond motifs is 2. The molecule has 10 heteroatoms. The van der Waals surface area contributed by atoms with Crippen LogP contribution in [0.25, 0.3) is 56.0 Å². The van der Waals surface area contributed by atoms with Crippen LogP contribution >= 0.6 is 0 Å². The number of rotatable bonds is 4. The third kappa shape index (κ3) is 3.11. The summed E-state index contributed by atoms with van der Waals surface area (Å²) in [5.74, 6) is 1.49. The molecule has 168 valence electrons. The number of halogens is 1. The highest BCUT2D eigenvalue weighted by atomic mass is 19.1. The Hall–Kier alpha value is -4.60. The van der Waals surface area contributed by atoms with Gasteiger partial charge in [0.15, 0.2) is 5.82 Å². The highest BCUT2D eigenvalue weighted by Gasteiger charge is 2.18. The highest BCUT2D eigenvalue weighted by Crippen LogP contribution is 2.33. The lowest BCUT2D eigenvalue weighted by Gasteiger charge is -2.06. The van der Waals surface area contributed by atoms with Crippen molar-refractivity contribution < 1.29 is 9.13 Å². The van der Waals surface area contributed by atoms with Gasteiger partial charge < -0.3 is 14.3 Å². The first kappa shape index (κ1) is 20.0. The lowest BCUT2D eigenvalue weighted by molar-refractivity contribution is 0.411. The number of ether oxygens (including phenoxy) is 1. The molecule has 6 rings (SSSR count). The number of pyridine rings is 2. The van der Waals surface area contributed by atoms with Crippen LogP contribution in [0.15, 0.2) is 49.1 Å². The van der Waals surface area contributed by atoms with Crippen molar-refractivity contribution in [2.24, 2.45) is 7.05 Å². The zero-order valence-corrected chi connectivity index (χ0v) is 18.6. The Kier molecular flexibility index (Phi) is 4.41. The second kappa shape index (κ2) is 7.48. The fraction of sp³-hybridized carbons (Fsp3) is 0.125. The first-order valence-corrected chi connectivity index (χ1v) is 10.5. The summed E-state index contributed by atoms with van der Waals surface area (Å²) in [6, 6.07) is 6.49. The van der Waals surface area contributed by atoms with E-state index in [1.54, 1.807) is 30.9 Å². The Morgan fingerprint density at radius 3 is 2.68 bits per heavy atom. The maximum absolute atomic E-state index is 14.2. The van der Waals surface area contributed by atoms with Crippen molar-refractivity contribution in [2.75, 3.05) is 7.11 Å². The molecule has 0 aliphatic rings. The van der Waals surface area contributed by atoms with E-state index < -0.39 is 5.82 Å². The number of aromatic amines is 2. The average molecular weight is 454 g/mol. The summed E-state index contributed by atoms with van der Waals surface area (Å²) in [7, 11) is 3.46. The van der Waals surface area contributed by atoms with Crippen LogP contribution in [0.3, 0.4) is 0 Å². The summed E-state index contributed by atoms with van der Waals surface area (Å²) in [5.41, 5.74) is 5.80. The summed E-state index contributed by atoms with van der Waals surface area (Å²) in [4.78, 5) is 21.3. The van der Waals surface area contributed by atoms with E-state index in [0.29, 0.717) is 39.4 Å². The number of imidazole rings is 2. The zero-order chi connectivity index (χ0) is 23.4. The minimum atomic E-state index is -0.397. The van der Waals surface area contributed by atoms with Crippen molar-refractivity contribution in [2.45, 2.75) is 6.92 Å². The largest absolute Gasteiger partial charge is 0.497 e. The van der Waals surface area contributed by atoms with Gasteiger partial charge >= 0.3 is 0 Å². The van der Waals surface area contributed by atoms with Gasteiger partial charge in [0.1, 0.15) is 23.1 Å². The standard InChI is InChI=1S/C24H19FN8O/c1-12-27-11-21(33(12)2)18-7-16-19(10-28-18)31-32-23(16)24-29-20-9-26-8-17(22(20)30-24)13-4-14(25)6-15(5-13)34-3/h4-11H,1-3H3,(H,29,30)(H,31,32). The lowest BCUT2D eigenvalue weighted by Crippen LogP contribution is -1.95. The van der Waals surface area contributed by atoms with E-state index in [1.807, 2.05) is 24.6 Å². The predicted molar refractivity (Wildman–Crippen MR) is 126 cm³/mol. The quantitative estimate of drug-likeness (QED) is 0.408.